The molecule has 0 bridgehead atoms. The molecule has 3 N–H and O–H groups in total. The smallest absolute Gasteiger partial charge is 0.399 e. The third-order valence-electron chi connectivity index (χ3n) is 1.68. The number of alkyl halides is 3. The summed E-state index contributed by atoms with van der Waals surface area (Å²) in [6.45, 7) is -1.01. The van der Waals surface area contributed by atoms with Gasteiger partial charge in [0.15, 0.2) is 0 Å². The van der Waals surface area contributed by atoms with Crippen molar-refractivity contribution in [2.24, 2.45) is 0 Å². The molecular weight excluding hydrogens is 202 g/mol. The molecule has 14 heavy (non-hydrogen) atoms. The van der Waals surface area contributed by atoms with Crippen molar-refractivity contribution in [1.29, 1.82) is 0 Å². The van der Waals surface area contributed by atoms with Gasteiger partial charge in [-0.1, -0.05) is 0 Å². The molecule has 0 aromatic heterocycles. The molecule has 0 unspecified atom stereocenters. The summed E-state index contributed by atoms with van der Waals surface area (Å²) in [6.07, 6.45) is -4.71. The van der Waals surface area contributed by atoms with Crippen molar-refractivity contribution in [3.05, 3.63) is 29.1 Å². The Morgan fingerprint density at radius 2 is 1.86 bits per heavy atom. The number of anilines is 1. The highest BCUT2D eigenvalue weighted by molar-refractivity contribution is 5.46. The van der Waals surface area contributed by atoms with Gasteiger partial charge in [-0.05, 0) is 12.1 Å². The monoisotopic (exact) mass is 209 g/mol. The number of nitrogen functional groups attached to an aromatic ring is 1. The van der Waals surface area contributed by atoms with Crippen molar-refractivity contribution in [2.45, 2.75) is 12.8 Å². The summed E-state index contributed by atoms with van der Waals surface area (Å²) in [5.41, 5.74) is 2.71. The van der Waals surface area contributed by atoms with Crippen LogP contribution in [0.25, 0.3) is 0 Å². The van der Waals surface area contributed by atoms with E-state index >= 15 is 0 Å². The summed E-state index contributed by atoms with van der Waals surface area (Å²) in [5, 5.41) is 8.57. The summed E-state index contributed by atoms with van der Waals surface area (Å²) in [7, 11) is 0. The number of nitrogens with two attached hydrogens (primary N) is 1. The minimum absolute atomic E-state index is 0.327. The molecule has 0 fully saturated rings. The van der Waals surface area contributed by atoms with E-state index in [0.29, 0.717) is 6.07 Å². The Balaban J connectivity index is 3.40. The maximum Gasteiger partial charge on any atom is 0.416 e. The second kappa shape index (κ2) is 3.45. The van der Waals surface area contributed by atoms with Crippen LogP contribution in [-0.4, -0.2) is 5.11 Å². The van der Waals surface area contributed by atoms with Gasteiger partial charge in [-0.25, -0.2) is 4.39 Å². The zero-order chi connectivity index (χ0) is 10.9. The van der Waals surface area contributed by atoms with E-state index in [9.17, 15) is 17.6 Å². The fourth-order valence-corrected chi connectivity index (χ4v) is 1.07. The van der Waals surface area contributed by atoms with Crippen LogP contribution >= 0.6 is 0 Å². The summed E-state index contributed by atoms with van der Waals surface area (Å²) in [5.74, 6) is -1.15. The first-order chi connectivity index (χ1) is 6.36. The maximum atomic E-state index is 12.9. The van der Waals surface area contributed by atoms with E-state index in [0.717, 1.165) is 6.07 Å². The van der Waals surface area contributed by atoms with Crippen molar-refractivity contribution in [3.8, 4) is 0 Å². The van der Waals surface area contributed by atoms with E-state index in [2.05, 4.69) is 0 Å². The van der Waals surface area contributed by atoms with E-state index in [4.69, 9.17) is 10.8 Å². The van der Waals surface area contributed by atoms with Gasteiger partial charge < -0.3 is 10.8 Å². The first-order valence-corrected chi connectivity index (χ1v) is 3.62. The Morgan fingerprint density at radius 3 is 2.29 bits per heavy atom. The minimum Gasteiger partial charge on any atom is -0.399 e. The van der Waals surface area contributed by atoms with Crippen molar-refractivity contribution in [2.75, 3.05) is 5.73 Å². The van der Waals surface area contributed by atoms with Gasteiger partial charge in [0.25, 0.3) is 0 Å². The molecule has 6 heteroatoms. The molecule has 0 atom stereocenters. The Labute approximate surface area is 77.0 Å². The van der Waals surface area contributed by atoms with E-state index < -0.39 is 29.7 Å². The van der Waals surface area contributed by atoms with Crippen LogP contribution in [0.4, 0.5) is 23.2 Å². The molecule has 0 spiro atoms. The molecule has 2 nitrogen and oxygen atoms in total. The van der Waals surface area contributed by atoms with Crippen LogP contribution in [0, 0.1) is 5.82 Å². The van der Waals surface area contributed by atoms with Crippen LogP contribution in [0.2, 0.25) is 0 Å². The van der Waals surface area contributed by atoms with Gasteiger partial charge in [-0.15, -0.1) is 0 Å². The summed E-state index contributed by atoms with van der Waals surface area (Å²) >= 11 is 0. The van der Waals surface area contributed by atoms with Gasteiger partial charge in [0.1, 0.15) is 5.82 Å². The highest BCUT2D eigenvalue weighted by Gasteiger charge is 2.34. The molecule has 0 heterocycles. The van der Waals surface area contributed by atoms with Crippen LogP contribution in [0.1, 0.15) is 11.1 Å². The lowest BCUT2D eigenvalue weighted by atomic mass is 10.1. The van der Waals surface area contributed by atoms with Gasteiger partial charge in [0.2, 0.25) is 0 Å². The molecular formula is C8H7F4NO. The van der Waals surface area contributed by atoms with Gasteiger partial charge in [-0.3, -0.25) is 0 Å². The number of aliphatic hydroxyl groups excluding tert-OH is 1. The van der Waals surface area contributed by atoms with Crippen molar-refractivity contribution < 1.29 is 22.7 Å². The normalized spacial score (nSPS) is 11.8. The third-order valence-corrected chi connectivity index (χ3v) is 1.68. The molecule has 0 aliphatic heterocycles. The summed E-state index contributed by atoms with van der Waals surface area (Å²) in [4.78, 5) is 0. The number of aliphatic hydroxyl groups is 1. The molecule has 0 saturated heterocycles. The highest BCUT2D eigenvalue weighted by atomic mass is 19.4. The molecule has 78 valence electrons. The fourth-order valence-electron chi connectivity index (χ4n) is 1.07. The predicted molar refractivity (Wildman–Crippen MR) is 41.7 cm³/mol. The van der Waals surface area contributed by atoms with E-state index in [-0.39, 0.29) is 5.69 Å². The zero-order valence-electron chi connectivity index (χ0n) is 6.90. The molecule has 0 saturated carbocycles. The summed E-state index contributed by atoms with van der Waals surface area (Å²) < 4.78 is 49.7. The van der Waals surface area contributed by atoms with Crippen LogP contribution < -0.4 is 5.73 Å². The molecule has 0 radical (unpaired) electrons. The topological polar surface area (TPSA) is 46.2 Å². The largest absolute Gasteiger partial charge is 0.416 e. The van der Waals surface area contributed by atoms with Crippen molar-refractivity contribution >= 4 is 5.69 Å². The van der Waals surface area contributed by atoms with Gasteiger partial charge in [-0.2, -0.15) is 13.2 Å². The van der Waals surface area contributed by atoms with E-state index in [1.54, 1.807) is 0 Å². The standard InChI is InChI=1S/C8H7F4NO/c9-7-2-4(13)1-6(5(7)3-14)8(10,11)12/h1-2,14H,3,13H2. The first-order valence-electron chi connectivity index (χ1n) is 3.62. The van der Waals surface area contributed by atoms with Crippen LogP contribution in [0.3, 0.4) is 0 Å². The third kappa shape index (κ3) is 1.95. The zero-order valence-corrected chi connectivity index (χ0v) is 6.90. The Bertz CT molecular complexity index is 348. The lowest BCUT2D eigenvalue weighted by Gasteiger charge is -2.12. The average Bonchev–Trinajstić information content (AvgIpc) is 2.01. The maximum absolute atomic E-state index is 12.9. The number of halogens is 4. The second-order valence-corrected chi connectivity index (χ2v) is 2.68. The molecule has 1 aromatic carbocycles. The lowest BCUT2D eigenvalue weighted by Crippen LogP contribution is -2.12. The molecule has 1 aromatic rings. The van der Waals surface area contributed by atoms with Crippen LogP contribution in [-0.2, 0) is 12.8 Å². The Morgan fingerprint density at radius 1 is 1.29 bits per heavy atom. The number of benzene rings is 1. The molecule has 0 aliphatic rings. The first kappa shape index (κ1) is 10.8. The molecule has 0 amide bonds. The van der Waals surface area contributed by atoms with Crippen molar-refractivity contribution in [3.63, 3.8) is 0 Å². The summed E-state index contributed by atoms with van der Waals surface area (Å²) in [6, 6.07) is 1.33. The Kier molecular flexibility index (Phi) is 2.66. The van der Waals surface area contributed by atoms with E-state index in [1.807, 2.05) is 0 Å². The lowest BCUT2D eigenvalue weighted by molar-refractivity contribution is -0.138. The van der Waals surface area contributed by atoms with Crippen molar-refractivity contribution in [1.82, 2.24) is 0 Å². The van der Waals surface area contributed by atoms with Gasteiger partial charge >= 0.3 is 6.18 Å². The van der Waals surface area contributed by atoms with Gasteiger partial charge in [0, 0.05) is 11.3 Å². The Hall–Kier alpha value is -1.30. The molecule has 0 aliphatic carbocycles. The fraction of sp³-hybridized carbons (Fsp3) is 0.250. The quantitative estimate of drug-likeness (QED) is 0.548. The predicted octanol–water partition coefficient (Wildman–Crippen LogP) is 1.92. The van der Waals surface area contributed by atoms with Crippen LogP contribution in [0.15, 0.2) is 12.1 Å². The molecule has 1 rings (SSSR count). The SMILES string of the molecule is Nc1cc(F)c(CO)c(C(F)(F)F)c1. The number of rotatable bonds is 1. The van der Waals surface area contributed by atoms with E-state index in [1.165, 1.54) is 0 Å². The second-order valence-electron chi connectivity index (χ2n) is 2.68. The highest BCUT2D eigenvalue weighted by Crippen LogP contribution is 2.34. The average molecular weight is 209 g/mol. The number of hydrogen-bond donors (Lipinski definition) is 2. The minimum atomic E-state index is -4.71. The van der Waals surface area contributed by atoms with Crippen LogP contribution in [0.5, 0.6) is 0 Å². The van der Waals surface area contributed by atoms with Gasteiger partial charge in [0.05, 0.1) is 12.2 Å². The number of hydrogen-bond acceptors (Lipinski definition) is 2.